The van der Waals surface area contributed by atoms with Gasteiger partial charge < -0.3 is 14.8 Å². The van der Waals surface area contributed by atoms with Crippen molar-refractivity contribution in [3.05, 3.63) is 42.0 Å². The fourth-order valence-electron chi connectivity index (χ4n) is 3.89. The number of hydrogen-bond donors (Lipinski definition) is 1. The monoisotopic (exact) mass is 460 g/mol. The lowest BCUT2D eigenvalue weighted by Gasteiger charge is -2.31. The molecule has 162 valence electrons. The van der Waals surface area contributed by atoms with Gasteiger partial charge in [-0.1, -0.05) is 12.1 Å². The average Bonchev–Trinajstić information content (AvgIpc) is 3.46. The molecule has 1 saturated heterocycles. The summed E-state index contributed by atoms with van der Waals surface area (Å²) < 4.78 is 46.8. The zero-order valence-corrected chi connectivity index (χ0v) is 18.1. The van der Waals surface area contributed by atoms with Crippen molar-refractivity contribution in [1.29, 1.82) is 0 Å². The summed E-state index contributed by atoms with van der Waals surface area (Å²) in [5.41, 5.74) is 1.82. The molecule has 3 aromatic rings. The van der Waals surface area contributed by atoms with E-state index in [0.717, 1.165) is 17.3 Å². The summed E-state index contributed by atoms with van der Waals surface area (Å²) >= 11 is 0.983. The third-order valence-electron chi connectivity index (χ3n) is 5.53. The number of sulfonamides is 1. The maximum Gasteiger partial charge on any atom is 0.245 e. The Morgan fingerprint density at radius 3 is 2.97 bits per heavy atom. The van der Waals surface area contributed by atoms with Crippen LogP contribution in [0.15, 0.2) is 41.3 Å². The van der Waals surface area contributed by atoms with Crippen LogP contribution in [0.2, 0.25) is 0 Å². The molecule has 1 aromatic heterocycles. The zero-order chi connectivity index (χ0) is 21.4. The van der Waals surface area contributed by atoms with Crippen LogP contribution in [0.1, 0.15) is 18.4 Å². The summed E-state index contributed by atoms with van der Waals surface area (Å²) in [6, 6.07) is 10.5. The molecule has 0 unspecified atom stereocenters. The summed E-state index contributed by atoms with van der Waals surface area (Å²) in [5.74, 6) is 0.775. The Morgan fingerprint density at radius 1 is 1.19 bits per heavy atom. The molecule has 0 spiro atoms. The first-order chi connectivity index (χ1) is 15.0. The molecule has 11 heteroatoms. The van der Waals surface area contributed by atoms with E-state index in [1.54, 1.807) is 18.2 Å². The topological polar surface area (TPSA) is 111 Å². The lowest BCUT2D eigenvalue weighted by Crippen LogP contribution is -2.45. The number of aromatic nitrogens is 2. The van der Waals surface area contributed by atoms with Gasteiger partial charge in [0.05, 0.1) is 17.6 Å². The number of piperidine rings is 1. The Morgan fingerprint density at radius 2 is 2.06 bits per heavy atom. The predicted molar refractivity (Wildman–Crippen MR) is 113 cm³/mol. The Bertz CT molecular complexity index is 1240. The van der Waals surface area contributed by atoms with Gasteiger partial charge in [-0.05, 0) is 42.7 Å². The van der Waals surface area contributed by atoms with E-state index < -0.39 is 15.9 Å². The molecule has 0 aliphatic carbocycles. The summed E-state index contributed by atoms with van der Waals surface area (Å²) in [7, 11) is -3.77. The van der Waals surface area contributed by atoms with Gasteiger partial charge in [-0.25, -0.2) is 8.42 Å². The normalized spacial score (nSPS) is 18.9. The molecule has 1 atom stereocenters. The van der Waals surface area contributed by atoms with Crippen LogP contribution in [0.4, 0.5) is 0 Å². The van der Waals surface area contributed by atoms with Gasteiger partial charge in [0.25, 0.3) is 0 Å². The molecule has 1 amide bonds. The number of fused-ring (bicyclic) bond motifs is 2. The second kappa shape index (κ2) is 8.06. The molecule has 5 rings (SSSR count). The van der Waals surface area contributed by atoms with Crippen LogP contribution in [0.25, 0.3) is 11.0 Å². The predicted octanol–water partition coefficient (Wildman–Crippen LogP) is 2.14. The van der Waals surface area contributed by atoms with E-state index >= 15 is 0 Å². The van der Waals surface area contributed by atoms with Gasteiger partial charge in [-0.15, -0.1) is 0 Å². The Hall–Kier alpha value is -2.76. The quantitative estimate of drug-likeness (QED) is 0.621. The smallest absolute Gasteiger partial charge is 0.245 e. The van der Waals surface area contributed by atoms with Crippen LogP contribution in [-0.2, 0) is 21.4 Å². The van der Waals surface area contributed by atoms with Gasteiger partial charge in [0.15, 0.2) is 11.5 Å². The fraction of sp³-hybridized carbons (Fsp3) is 0.350. The molecule has 9 nitrogen and oxygen atoms in total. The molecule has 2 aliphatic heterocycles. The second-order valence-electron chi connectivity index (χ2n) is 7.50. The number of carbonyl (C=O) groups is 1. The van der Waals surface area contributed by atoms with E-state index in [-0.39, 0.29) is 24.1 Å². The first kappa shape index (κ1) is 20.2. The van der Waals surface area contributed by atoms with Crippen molar-refractivity contribution in [2.75, 3.05) is 19.9 Å². The van der Waals surface area contributed by atoms with Crippen LogP contribution < -0.4 is 14.8 Å². The van der Waals surface area contributed by atoms with E-state index in [1.807, 2.05) is 18.2 Å². The molecule has 1 N–H and O–H groups in total. The first-order valence-corrected chi connectivity index (χ1v) is 12.1. The minimum Gasteiger partial charge on any atom is -0.454 e. The average molecular weight is 461 g/mol. The standard InChI is InChI=1S/C20H20N4O5S2/c25-20(21-10-13-6-7-16-17(9-13)29-12-28-16)14-3-2-8-24(11-14)31(26,27)18-5-1-4-15-19(18)23-30-22-15/h1,4-7,9,14H,2-3,8,10-12H2,(H,21,25)/t14-/m1/s1. The first-order valence-electron chi connectivity index (χ1n) is 9.90. The van der Waals surface area contributed by atoms with E-state index in [0.29, 0.717) is 48.5 Å². The Balaban J connectivity index is 1.27. The summed E-state index contributed by atoms with van der Waals surface area (Å²) in [6.45, 7) is 1.05. The van der Waals surface area contributed by atoms with Crippen LogP contribution in [0, 0.1) is 5.92 Å². The lowest BCUT2D eigenvalue weighted by atomic mass is 9.98. The highest BCUT2D eigenvalue weighted by atomic mass is 32.2. The molecule has 31 heavy (non-hydrogen) atoms. The molecule has 1 fully saturated rings. The molecule has 0 saturated carbocycles. The van der Waals surface area contributed by atoms with Gasteiger partial charge in [0.1, 0.15) is 15.9 Å². The minimum atomic E-state index is -3.77. The fourth-order valence-corrected chi connectivity index (χ4v) is 6.16. The SMILES string of the molecule is O=C(NCc1ccc2c(c1)OCO2)[C@@H]1CCCN(S(=O)(=O)c2cccc3nsnc23)C1. The van der Waals surface area contributed by atoms with Crippen molar-refractivity contribution in [3.63, 3.8) is 0 Å². The van der Waals surface area contributed by atoms with Crippen molar-refractivity contribution < 1.29 is 22.7 Å². The van der Waals surface area contributed by atoms with Crippen LogP contribution >= 0.6 is 11.7 Å². The molecule has 0 radical (unpaired) electrons. The highest BCUT2D eigenvalue weighted by molar-refractivity contribution is 7.89. The molecule has 3 heterocycles. The van der Waals surface area contributed by atoms with Gasteiger partial charge in [0, 0.05) is 19.6 Å². The van der Waals surface area contributed by atoms with E-state index in [2.05, 4.69) is 14.1 Å². The number of rotatable bonds is 5. The second-order valence-corrected chi connectivity index (χ2v) is 9.93. The number of benzene rings is 2. The van der Waals surface area contributed by atoms with E-state index in [1.165, 1.54) is 4.31 Å². The molecule has 2 aromatic carbocycles. The highest BCUT2D eigenvalue weighted by Gasteiger charge is 2.34. The number of nitrogens with zero attached hydrogens (tertiary/aromatic N) is 3. The van der Waals surface area contributed by atoms with Crippen LogP contribution in [0.3, 0.4) is 0 Å². The van der Waals surface area contributed by atoms with Crippen molar-refractivity contribution in [3.8, 4) is 11.5 Å². The maximum absolute atomic E-state index is 13.3. The number of hydrogen-bond acceptors (Lipinski definition) is 8. The Kier molecular flexibility index (Phi) is 5.24. The third-order valence-corrected chi connectivity index (χ3v) is 7.96. The molecule has 2 aliphatic rings. The van der Waals surface area contributed by atoms with Crippen molar-refractivity contribution >= 4 is 38.7 Å². The van der Waals surface area contributed by atoms with Gasteiger partial charge in [-0.2, -0.15) is 13.1 Å². The van der Waals surface area contributed by atoms with E-state index in [4.69, 9.17) is 9.47 Å². The zero-order valence-electron chi connectivity index (χ0n) is 16.5. The largest absolute Gasteiger partial charge is 0.454 e. The van der Waals surface area contributed by atoms with E-state index in [9.17, 15) is 13.2 Å². The molecular weight excluding hydrogens is 440 g/mol. The van der Waals surface area contributed by atoms with Crippen molar-refractivity contribution in [2.45, 2.75) is 24.3 Å². The van der Waals surface area contributed by atoms with Crippen molar-refractivity contribution in [2.24, 2.45) is 5.92 Å². The molecule has 0 bridgehead atoms. The van der Waals surface area contributed by atoms with Gasteiger partial charge in [0.2, 0.25) is 22.7 Å². The van der Waals surface area contributed by atoms with Crippen LogP contribution in [0.5, 0.6) is 11.5 Å². The highest BCUT2D eigenvalue weighted by Crippen LogP contribution is 2.32. The molecular formula is C20H20N4O5S2. The van der Waals surface area contributed by atoms with Gasteiger partial charge in [-0.3, -0.25) is 4.79 Å². The number of nitrogens with one attached hydrogen (secondary N) is 1. The summed E-state index contributed by atoms with van der Waals surface area (Å²) in [4.78, 5) is 12.9. The summed E-state index contributed by atoms with van der Waals surface area (Å²) in [6.07, 6.45) is 1.26. The number of ether oxygens (including phenoxy) is 2. The van der Waals surface area contributed by atoms with Crippen LogP contribution in [-0.4, -0.2) is 47.3 Å². The summed E-state index contributed by atoms with van der Waals surface area (Å²) in [5, 5.41) is 2.92. The van der Waals surface area contributed by atoms with Crippen molar-refractivity contribution in [1.82, 2.24) is 18.4 Å². The Labute approximate surface area is 183 Å². The third kappa shape index (κ3) is 3.84. The number of carbonyl (C=O) groups excluding carboxylic acids is 1. The number of amides is 1. The minimum absolute atomic E-state index is 0.139. The lowest BCUT2D eigenvalue weighted by molar-refractivity contribution is -0.126. The van der Waals surface area contributed by atoms with Gasteiger partial charge >= 0.3 is 0 Å². The maximum atomic E-state index is 13.3.